The average Bonchev–Trinajstić information content (AvgIpc) is 2.24. The third kappa shape index (κ3) is 2.48. The quantitative estimate of drug-likeness (QED) is 0.801. The summed E-state index contributed by atoms with van der Waals surface area (Å²) in [5, 5.41) is 3.36. The molecule has 0 saturated heterocycles. The third-order valence-electron chi connectivity index (χ3n) is 1.98. The molecule has 15 heavy (non-hydrogen) atoms. The second-order valence-corrected chi connectivity index (χ2v) is 3.55. The van der Waals surface area contributed by atoms with Gasteiger partial charge in [-0.25, -0.2) is 4.39 Å². The van der Waals surface area contributed by atoms with E-state index >= 15 is 0 Å². The molecule has 0 bridgehead atoms. The summed E-state index contributed by atoms with van der Waals surface area (Å²) in [6, 6.07) is 14.0. The fraction of sp³-hybridized carbons (Fsp3) is 0. The molecule has 0 aromatic heterocycles. The maximum absolute atomic E-state index is 13.4. The molecule has 3 heteroatoms. The van der Waals surface area contributed by atoms with Crippen LogP contribution < -0.4 is 5.32 Å². The smallest absolute Gasteiger partial charge is 0.148 e. The molecule has 0 aliphatic rings. The van der Waals surface area contributed by atoms with E-state index in [0.29, 0.717) is 10.7 Å². The van der Waals surface area contributed by atoms with Gasteiger partial charge in [0.05, 0.1) is 5.69 Å². The van der Waals surface area contributed by atoms with E-state index in [2.05, 4.69) is 5.32 Å². The summed E-state index contributed by atoms with van der Waals surface area (Å²) in [5.41, 5.74) is 1.27. The lowest BCUT2D eigenvalue weighted by atomic mass is 10.2. The van der Waals surface area contributed by atoms with Gasteiger partial charge < -0.3 is 5.32 Å². The lowest BCUT2D eigenvalue weighted by molar-refractivity contribution is 0.632. The minimum atomic E-state index is -0.355. The van der Waals surface area contributed by atoms with E-state index in [0.717, 1.165) is 5.69 Å². The van der Waals surface area contributed by atoms with Gasteiger partial charge in [0.25, 0.3) is 0 Å². The number of rotatable bonds is 2. The number of hydrogen-bond donors (Lipinski definition) is 1. The van der Waals surface area contributed by atoms with Gasteiger partial charge in [0.2, 0.25) is 0 Å². The first-order valence-electron chi connectivity index (χ1n) is 4.53. The van der Waals surface area contributed by atoms with Crippen molar-refractivity contribution in [2.75, 3.05) is 5.32 Å². The van der Waals surface area contributed by atoms with E-state index in [9.17, 15) is 4.39 Å². The van der Waals surface area contributed by atoms with Crippen molar-refractivity contribution in [1.29, 1.82) is 0 Å². The number of anilines is 2. The Hall–Kier alpha value is -1.54. The number of hydrogen-bond acceptors (Lipinski definition) is 1. The highest BCUT2D eigenvalue weighted by Crippen LogP contribution is 2.22. The first kappa shape index (κ1) is 9.99. The lowest BCUT2D eigenvalue weighted by Gasteiger charge is -2.07. The van der Waals surface area contributed by atoms with Crippen molar-refractivity contribution in [2.24, 2.45) is 0 Å². The minimum absolute atomic E-state index is 0.355. The first-order chi connectivity index (χ1) is 7.25. The number of para-hydroxylation sites is 1. The molecule has 0 amide bonds. The predicted octanol–water partition coefficient (Wildman–Crippen LogP) is 4.22. The minimum Gasteiger partial charge on any atom is -0.353 e. The molecular formula is C12H9ClFN. The largest absolute Gasteiger partial charge is 0.353 e. The predicted molar refractivity (Wildman–Crippen MR) is 61.1 cm³/mol. The van der Waals surface area contributed by atoms with Gasteiger partial charge in [-0.05, 0) is 30.3 Å². The molecule has 0 spiro atoms. The van der Waals surface area contributed by atoms with Gasteiger partial charge in [0.15, 0.2) is 0 Å². The Morgan fingerprint density at radius 1 is 1.00 bits per heavy atom. The van der Waals surface area contributed by atoms with Crippen LogP contribution >= 0.6 is 11.6 Å². The van der Waals surface area contributed by atoms with Gasteiger partial charge in [0.1, 0.15) is 5.82 Å². The monoisotopic (exact) mass is 221 g/mol. The summed E-state index contributed by atoms with van der Waals surface area (Å²) in [7, 11) is 0. The maximum Gasteiger partial charge on any atom is 0.148 e. The number of benzene rings is 2. The SMILES string of the molecule is Fc1cc(Cl)ccc1Nc1ccccc1. The normalized spacial score (nSPS) is 10.0. The molecule has 0 aliphatic heterocycles. The van der Waals surface area contributed by atoms with Crippen LogP contribution in [0.1, 0.15) is 0 Å². The fourth-order valence-corrected chi connectivity index (χ4v) is 1.43. The molecule has 76 valence electrons. The Labute approximate surface area is 92.5 Å². The topological polar surface area (TPSA) is 12.0 Å². The van der Waals surface area contributed by atoms with E-state index in [1.807, 2.05) is 30.3 Å². The van der Waals surface area contributed by atoms with Crippen LogP contribution in [0.4, 0.5) is 15.8 Å². The van der Waals surface area contributed by atoms with Crippen LogP contribution in [0.15, 0.2) is 48.5 Å². The Morgan fingerprint density at radius 2 is 1.73 bits per heavy atom. The van der Waals surface area contributed by atoms with Crippen molar-refractivity contribution < 1.29 is 4.39 Å². The van der Waals surface area contributed by atoms with Crippen molar-refractivity contribution in [2.45, 2.75) is 0 Å². The van der Waals surface area contributed by atoms with Crippen molar-refractivity contribution >= 4 is 23.0 Å². The summed E-state index contributed by atoms with van der Waals surface area (Å²) in [6.07, 6.45) is 0. The van der Waals surface area contributed by atoms with Gasteiger partial charge in [0, 0.05) is 10.7 Å². The summed E-state index contributed by atoms with van der Waals surface area (Å²) in [4.78, 5) is 0. The number of nitrogens with one attached hydrogen (secondary N) is 1. The highest BCUT2D eigenvalue weighted by molar-refractivity contribution is 6.30. The zero-order chi connectivity index (χ0) is 10.7. The molecule has 0 heterocycles. The van der Waals surface area contributed by atoms with E-state index in [1.165, 1.54) is 6.07 Å². The van der Waals surface area contributed by atoms with Crippen LogP contribution in [0.3, 0.4) is 0 Å². The first-order valence-corrected chi connectivity index (χ1v) is 4.90. The standard InChI is InChI=1S/C12H9ClFN/c13-9-6-7-12(11(14)8-9)15-10-4-2-1-3-5-10/h1-8,15H. The van der Waals surface area contributed by atoms with Crippen molar-refractivity contribution in [3.63, 3.8) is 0 Å². The Bertz CT molecular complexity index is 456. The van der Waals surface area contributed by atoms with Gasteiger partial charge in [-0.3, -0.25) is 0 Å². The van der Waals surface area contributed by atoms with Crippen LogP contribution in [0, 0.1) is 5.82 Å². The summed E-state index contributed by atoms with van der Waals surface area (Å²) >= 11 is 5.65. The van der Waals surface area contributed by atoms with Crippen molar-refractivity contribution in [3.05, 3.63) is 59.4 Å². The molecule has 1 N–H and O–H groups in total. The van der Waals surface area contributed by atoms with E-state index in [-0.39, 0.29) is 5.82 Å². The lowest BCUT2D eigenvalue weighted by Crippen LogP contribution is -1.92. The van der Waals surface area contributed by atoms with Gasteiger partial charge >= 0.3 is 0 Å². The molecule has 0 unspecified atom stereocenters. The van der Waals surface area contributed by atoms with Crippen molar-refractivity contribution in [3.8, 4) is 0 Å². The van der Waals surface area contributed by atoms with Crippen LogP contribution in [0.25, 0.3) is 0 Å². The highest BCUT2D eigenvalue weighted by atomic mass is 35.5. The fourth-order valence-electron chi connectivity index (χ4n) is 1.27. The van der Waals surface area contributed by atoms with Crippen LogP contribution in [0.2, 0.25) is 5.02 Å². The molecule has 1 nitrogen and oxygen atoms in total. The van der Waals surface area contributed by atoms with Gasteiger partial charge in [-0.2, -0.15) is 0 Å². The second-order valence-electron chi connectivity index (χ2n) is 3.12. The zero-order valence-corrected chi connectivity index (χ0v) is 8.63. The van der Waals surface area contributed by atoms with Crippen LogP contribution in [0.5, 0.6) is 0 Å². The Balaban J connectivity index is 2.25. The van der Waals surface area contributed by atoms with Crippen LogP contribution in [-0.2, 0) is 0 Å². The Morgan fingerprint density at radius 3 is 2.40 bits per heavy atom. The molecule has 0 radical (unpaired) electrons. The third-order valence-corrected chi connectivity index (χ3v) is 2.22. The summed E-state index contributed by atoms with van der Waals surface area (Å²) < 4.78 is 13.4. The molecule has 2 aromatic carbocycles. The summed E-state index contributed by atoms with van der Waals surface area (Å²) in [5.74, 6) is -0.355. The molecule has 0 atom stereocenters. The maximum atomic E-state index is 13.4. The van der Waals surface area contributed by atoms with Gasteiger partial charge in [-0.1, -0.05) is 29.8 Å². The molecule has 2 aromatic rings. The average molecular weight is 222 g/mol. The van der Waals surface area contributed by atoms with E-state index < -0.39 is 0 Å². The van der Waals surface area contributed by atoms with Gasteiger partial charge in [-0.15, -0.1) is 0 Å². The van der Waals surface area contributed by atoms with E-state index in [4.69, 9.17) is 11.6 Å². The second kappa shape index (κ2) is 4.32. The van der Waals surface area contributed by atoms with Crippen LogP contribution in [-0.4, -0.2) is 0 Å². The molecule has 0 fully saturated rings. The number of halogens is 2. The molecular weight excluding hydrogens is 213 g/mol. The van der Waals surface area contributed by atoms with E-state index in [1.54, 1.807) is 12.1 Å². The molecule has 0 aliphatic carbocycles. The Kier molecular flexibility index (Phi) is 2.88. The highest BCUT2D eigenvalue weighted by Gasteiger charge is 2.02. The summed E-state index contributed by atoms with van der Waals surface area (Å²) in [6.45, 7) is 0. The molecule has 2 rings (SSSR count). The zero-order valence-electron chi connectivity index (χ0n) is 7.87. The molecule has 0 saturated carbocycles. The van der Waals surface area contributed by atoms with Crippen molar-refractivity contribution in [1.82, 2.24) is 0 Å².